The van der Waals surface area contributed by atoms with Gasteiger partial charge < -0.3 is 14.2 Å². The highest BCUT2D eigenvalue weighted by atomic mass is 16.6. The fraction of sp³-hybridized carbons (Fsp3) is 0.367. The van der Waals surface area contributed by atoms with Gasteiger partial charge in [0.25, 0.3) is 0 Å². The van der Waals surface area contributed by atoms with Crippen LogP contribution in [0.1, 0.15) is 41.3 Å². The van der Waals surface area contributed by atoms with Crippen molar-refractivity contribution in [1.82, 2.24) is 4.90 Å². The number of benzene rings is 3. The summed E-state index contributed by atoms with van der Waals surface area (Å²) in [5, 5.41) is 0. The third kappa shape index (κ3) is 5.48. The maximum atomic E-state index is 12.7. The van der Waals surface area contributed by atoms with Crippen LogP contribution in [0.15, 0.2) is 91.0 Å². The standard InChI is InChI=1S/C30H33NO4/c1-22-17-18-26-28(33-19-23-11-5-2-6-12-23)29(34-20-24-13-7-3-8-14-24)27(31(22)26)21-35-30(32)25-15-9-4-10-16-25/h2-16,22,26-29H,17-21H2,1H3/t22-,26-,27-,28+,29-/m1/s1. The summed E-state index contributed by atoms with van der Waals surface area (Å²) in [4.78, 5) is 15.2. The highest BCUT2D eigenvalue weighted by Gasteiger charge is 2.54. The van der Waals surface area contributed by atoms with E-state index in [1.54, 1.807) is 12.1 Å². The maximum absolute atomic E-state index is 12.7. The van der Waals surface area contributed by atoms with Gasteiger partial charge in [-0.3, -0.25) is 4.90 Å². The minimum absolute atomic E-state index is 0.0605. The number of hydrogen-bond donors (Lipinski definition) is 0. The van der Waals surface area contributed by atoms with Crippen molar-refractivity contribution in [2.75, 3.05) is 6.61 Å². The molecule has 0 N–H and O–H groups in total. The fourth-order valence-corrected chi connectivity index (χ4v) is 5.50. The van der Waals surface area contributed by atoms with E-state index in [2.05, 4.69) is 36.1 Å². The molecule has 0 aromatic heterocycles. The number of rotatable bonds is 9. The van der Waals surface area contributed by atoms with Crippen molar-refractivity contribution in [2.45, 2.75) is 63.3 Å². The van der Waals surface area contributed by atoms with Crippen LogP contribution in [-0.2, 0) is 27.4 Å². The third-order valence-electron chi connectivity index (χ3n) is 7.20. The Balaban J connectivity index is 1.35. The monoisotopic (exact) mass is 471 g/mol. The van der Waals surface area contributed by atoms with Crippen LogP contribution in [0.25, 0.3) is 0 Å². The van der Waals surface area contributed by atoms with Gasteiger partial charge in [-0.1, -0.05) is 78.9 Å². The largest absolute Gasteiger partial charge is 0.460 e. The molecule has 3 aromatic carbocycles. The molecule has 2 heterocycles. The van der Waals surface area contributed by atoms with Gasteiger partial charge in [-0.15, -0.1) is 0 Å². The van der Waals surface area contributed by atoms with E-state index in [0.717, 1.165) is 24.0 Å². The Morgan fingerprint density at radius 3 is 1.91 bits per heavy atom. The summed E-state index contributed by atoms with van der Waals surface area (Å²) < 4.78 is 19.0. The first-order valence-electron chi connectivity index (χ1n) is 12.5. The molecule has 2 fully saturated rings. The number of ether oxygens (including phenoxy) is 3. The van der Waals surface area contributed by atoms with E-state index in [-0.39, 0.29) is 36.9 Å². The average molecular weight is 472 g/mol. The molecule has 2 saturated heterocycles. The Labute approximate surface area is 207 Å². The first-order valence-corrected chi connectivity index (χ1v) is 12.5. The van der Waals surface area contributed by atoms with Gasteiger partial charge in [0.15, 0.2) is 0 Å². The van der Waals surface area contributed by atoms with Crippen LogP contribution >= 0.6 is 0 Å². The van der Waals surface area contributed by atoms with Crippen molar-refractivity contribution in [3.05, 3.63) is 108 Å². The lowest BCUT2D eigenvalue weighted by Gasteiger charge is -2.30. The molecular weight excluding hydrogens is 438 g/mol. The molecule has 2 aliphatic rings. The molecule has 35 heavy (non-hydrogen) atoms. The van der Waals surface area contributed by atoms with Gasteiger partial charge in [-0.05, 0) is 43.0 Å². The third-order valence-corrected chi connectivity index (χ3v) is 7.20. The van der Waals surface area contributed by atoms with E-state index >= 15 is 0 Å². The zero-order valence-electron chi connectivity index (χ0n) is 20.2. The van der Waals surface area contributed by atoms with Crippen molar-refractivity contribution in [3.8, 4) is 0 Å². The van der Waals surface area contributed by atoms with Crippen molar-refractivity contribution >= 4 is 5.97 Å². The molecule has 2 aliphatic heterocycles. The van der Waals surface area contributed by atoms with E-state index in [4.69, 9.17) is 14.2 Å². The Hall–Kier alpha value is -2.99. The second-order valence-corrected chi connectivity index (χ2v) is 9.50. The zero-order chi connectivity index (χ0) is 24.0. The Kier molecular flexibility index (Phi) is 7.57. The Morgan fingerprint density at radius 1 is 0.771 bits per heavy atom. The molecule has 0 saturated carbocycles. The van der Waals surface area contributed by atoms with Crippen molar-refractivity contribution in [3.63, 3.8) is 0 Å². The lowest BCUT2D eigenvalue weighted by Crippen LogP contribution is -2.44. The molecule has 0 bridgehead atoms. The van der Waals surface area contributed by atoms with Crippen LogP contribution in [0.4, 0.5) is 0 Å². The summed E-state index contributed by atoms with van der Waals surface area (Å²) in [6.07, 6.45) is 1.86. The lowest BCUT2D eigenvalue weighted by molar-refractivity contribution is -0.0850. The average Bonchev–Trinajstić information content (AvgIpc) is 3.43. The second kappa shape index (κ2) is 11.2. The fourth-order valence-electron chi connectivity index (χ4n) is 5.50. The van der Waals surface area contributed by atoms with Gasteiger partial charge in [0.2, 0.25) is 0 Å². The maximum Gasteiger partial charge on any atom is 0.338 e. The number of nitrogens with zero attached hydrogens (tertiary/aromatic N) is 1. The number of carbonyl (C=O) groups is 1. The zero-order valence-corrected chi connectivity index (χ0v) is 20.2. The molecule has 0 aliphatic carbocycles. The lowest BCUT2D eigenvalue weighted by atomic mass is 10.0. The first kappa shape index (κ1) is 23.7. The van der Waals surface area contributed by atoms with Gasteiger partial charge in [0.05, 0.1) is 24.8 Å². The molecule has 0 radical (unpaired) electrons. The molecule has 5 rings (SSSR count). The minimum Gasteiger partial charge on any atom is -0.460 e. The number of esters is 1. The van der Waals surface area contributed by atoms with Crippen LogP contribution in [0.2, 0.25) is 0 Å². The van der Waals surface area contributed by atoms with Crippen LogP contribution in [0.5, 0.6) is 0 Å². The smallest absolute Gasteiger partial charge is 0.338 e. The summed E-state index contributed by atoms with van der Waals surface area (Å²) in [7, 11) is 0. The van der Waals surface area contributed by atoms with E-state index in [0.29, 0.717) is 24.8 Å². The number of carbonyl (C=O) groups excluding carboxylic acids is 1. The summed E-state index contributed by atoms with van der Waals surface area (Å²) in [5.41, 5.74) is 2.83. The van der Waals surface area contributed by atoms with Gasteiger partial charge in [0.1, 0.15) is 18.8 Å². The molecular formula is C30H33NO4. The number of hydrogen-bond acceptors (Lipinski definition) is 5. The van der Waals surface area contributed by atoms with E-state index in [1.807, 2.05) is 54.6 Å². The molecule has 0 unspecified atom stereocenters. The molecule has 5 heteroatoms. The van der Waals surface area contributed by atoms with Crippen molar-refractivity contribution in [1.29, 1.82) is 0 Å². The van der Waals surface area contributed by atoms with Gasteiger partial charge in [-0.2, -0.15) is 0 Å². The Bertz CT molecular complexity index is 1080. The quantitative estimate of drug-likeness (QED) is 0.399. The SMILES string of the molecule is C[C@@H]1CC[C@@H]2[C@H](OCc3ccccc3)[C@H](OCc3ccccc3)[C@@H](COC(=O)c3ccccc3)N12. The first-order chi connectivity index (χ1) is 17.2. The van der Waals surface area contributed by atoms with E-state index < -0.39 is 0 Å². The van der Waals surface area contributed by atoms with E-state index in [9.17, 15) is 4.79 Å². The van der Waals surface area contributed by atoms with Gasteiger partial charge in [0, 0.05) is 12.1 Å². The summed E-state index contributed by atoms with van der Waals surface area (Å²) in [6, 6.07) is 30.2. The second-order valence-electron chi connectivity index (χ2n) is 9.50. The van der Waals surface area contributed by atoms with Crippen LogP contribution < -0.4 is 0 Å². The van der Waals surface area contributed by atoms with Gasteiger partial charge >= 0.3 is 5.97 Å². The molecule has 182 valence electrons. The van der Waals surface area contributed by atoms with E-state index in [1.165, 1.54) is 0 Å². The van der Waals surface area contributed by atoms with Crippen molar-refractivity contribution < 1.29 is 19.0 Å². The van der Waals surface area contributed by atoms with Gasteiger partial charge in [-0.25, -0.2) is 4.79 Å². The highest BCUT2D eigenvalue weighted by molar-refractivity contribution is 5.89. The minimum atomic E-state index is -0.301. The highest BCUT2D eigenvalue weighted by Crippen LogP contribution is 2.40. The molecule has 5 atom stereocenters. The summed E-state index contributed by atoms with van der Waals surface area (Å²) in [5.74, 6) is -0.301. The van der Waals surface area contributed by atoms with Crippen LogP contribution in [0.3, 0.4) is 0 Å². The molecule has 0 spiro atoms. The predicted octanol–water partition coefficient (Wildman–Crippen LogP) is 5.25. The molecule has 0 amide bonds. The topological polar surface area (TPSA) is 48.0 Å². The molecule has 5 nitrogen and oxygen atoms in total. The summed E-state index contributed by atoms with van der Waals surface area (Å²) >= 11 is 0. The van der Waals surface area contributed by atoms with Crippen molar-refractivity contribution in [2.24, 2.45) is 0 Å². The Morgan fingerprint density at radius 2 is 1.31 bits per heavy atom. The summed E-state index contributed by atoms with van der Waals surface area (Å²) in [6.45, 7) is 3.56. The van der Waals surface area contributed by atoms with Crippen LogP contribution in [0, 0.1) is 0 Å². The molecule has 3 aromatic rings. The van der Waals surface area contributed by atoms with Crippen LogP contribution in [-0.4, -0.2) is 47.8 Å². The normalized spacial score (nSPS) is 25.9. The number of fused-ring (bicyclic) bond motifs is 1. The predicted molar refractivity (Wildman–Crippen MR) is 135 cm³/mol.